The van der Waals surface area contributed by atoms with Gasteiger partial charge in [0.05, 0.1) is 31.3 Å². The van der Waals surface area contributed by atoms with Crippen LogP contribution in [-0.4, -0.2) is 14.2 Å². The molecule has 0 heterocycles. The quantitative estimate of drug-likeness (QED) is 0.839. The first-order valence-electron chi connectivity index (χ1n) is 6.10. The van der Waals surface area contributed by atoms with E-state index < -0.39 is 0 Å². The van der Waals surface area contributed by atoms with Gasteiger partial charge in [0.25, 0.3) is 0 Å². The predicted octanol–water partition coefficient (Wildman–Crippen LogP) is 3.48. The fourth-order valence-corrected chi connectivity index (χ4v) is 1.87. The van der Waals surface area contributed by atoms with Crippen molar-refractivity contribution in [3.63, 3.8) is 0 Å². The van der Waals surface area contributed by atoms with E-state index in [0.29, 0.717) is 28.6 Å². The topological polar surface area (TPSA) is 56.5 Å². The first kappa shape index (κ1) is 14.0. The van der Waals surface area contributed by atoms with Crippen LogP contribution in [0.25, 0.3) is 0 Å². The van der Waals surface area contributed by atoms with Gasteiger partial charge in [0.15, 0.2) is 11.5 Å². The fourth-order valence-electron chi connectivity index (χ4n) is 1.87. The molecule has 0 atom stereocenters. The molecule has 0 aromatic heterocycles. The van der Waals surface area contributed by atoms with Gasteiger partial charge in [-0.25, -0.2) is 4.39 Å². The third kappa shape index (κ3) is 2.77. The molecule has 0 aliphatic rings. The Labute approximate surface area is 117 Å². The second-order valence-corrected chi connectivity index (χ2v) is 4.40. The standard InChI is InChI=1S/C15H17FN2O2/c1-9-4-5-12(10(16)6-9)18-13-8-15(20-3)14(19-2)7-11(13)17/h4-8,18H,17H2,1-3H3. The molecule has 2 rings (SSSR count). The lowest BCUT2D eigenvalue weighted by Gasteiger charge is -2.14. The van der Waals surface area contributed by atoms with Crippen molar-refractivity contribution in [3.05, 3.63) is 41.7 Å². The molecule has 0 spiro atoms. The molecule has 0 saturated heterocycles. The fraction of sp³-hybridized carbons (Fsp3) is 0.200. The van der Waals surface area contributed by atoms with Gasteiger partial charge >= 0.3 is 0 Å². The number of hydrogen-bond donors (Lipinski definition) is 2. The highest BCUT2D eigenvalue weighted by atomic mass is 19.1. The number of anilines is 3. The van der Waals surface area contributed by atoms with Crippen LogP contribution in [0.3, 0.4) is 0 Å². The molecule has 106 valence electrons. The van der Waals surface area contributed by atoms with Gasteiger partial charge in [-0.05, 0) is 24.6 Å². The molecule has 0 unspecified atom stereocenters. The van der Waals surface area contributed by atoms with Crippen molar-refractivity contribution in [1.82, 2.24) is 0 Å². The van der Waals surface area contributed by atoms with Crippen LogP contribution in [0.1, 0.15) is 5.56 Å². The third-order valence-electron chi connectivity index (χ3n) is 2.95. The van der Waals surface area contributed by atoms with E-state index in [2.05, 4.69) is 5.32 Å². The van der Waals surface area contributed by atoms with Crippen LogP contribution < -0.4 is 20.5 Å². The maximum atomic E-state index is 13.8. The summed E-state index contributed by atoms with van der Waals surface area (Å²) in [5.41, 5.74) is 8.15. The average Bonchev–Trinajstić information content (AvgIpc) is 2.43. The van der Waals surface area contributed by atoms with Gasteiger partial charge in [0.1, 0.15) is 5.82 Å². The smallest absolute Gasteiger partial charge is 0.162 e. The number of ether oxygens (including phenoxy) is 2. The molecule has 0 saturated carbocycles. The first-order valence-corrected chi connectivity index (χ1v) is 6.10. The normalized spacial score (nSPS) is 10.2. The molecule has 0 bridgehead atoms. The summed E-state index contributed by atoms with van der Waals surface area (Å²) in [5, 5.41) is 2.96. The van der Waals surface area contributed by atoms with Crippen LogP contribution >= 0.6 is 0 Å². The first-order chi connectivity index (χ1) is 9.55. The highest BCUT2D eigenvalue weighted by Gasteiger charge is 2.11. The Balaban J connectivity index is 2.38. The Morgan fingerprint density at radius 2 is 1.65 bits per heavy atom. The van der Waals surface area contributed by atoms with Gasteiger partial charge in [-0.3, -0.25) is 0 Å². The zero-order chi connectivity index (χ0) is 14.7. The number of hydrogen-bond acceptors (Lipinski definition) is 4. The number of nitrogens with one attached hydrogen (secondary N) is 1. The van der Waals surface area contributed by atoms with E-state index in [0.717, 1.165) is 5.56 Å². The van der Waals surface area contributed by atoms with E-state index in [4.69, 9.17) is 15.2 Å². The Hall–Kier alpha value is -2.43. The number of nitrogens with two attached hydrogens (primary N) is 1. The Morgan fingerprint density at radius 1 is 1.00 bits per heavy atom. The maximum absolute atomic E-state index is 13.8. The summed E-state index contributed by atoms with van der Waals surface area (Å²) < 4.78 is 24.2. The summed E-state index contributed by atoms with van der Waals surface area (Å²) in [4.78, 5) is 0. The minimum Gasteiger partial charge on any atom is -0.493 e. The molecule has 0 amide bonds. The molecule has 2 aromatic rings. The largest absolute Gasteiger partial charge is 0.493 e. The highest BCUT2D eigenvalue weighted by Crippen LogP contribution is 2.36. The lowest BCUT2D eigenvalue weighted by Crippen LogP contribution is -2.01. The van der Waals surface area contributed by atoms with Crippen LogP contribution in [0.4, 0.5) is 21.5 Å². The van der Waals surface area contributed by atoms with Crippen molar-refractivity contribution in [2.24, 2.45) is 0 Å². The van der Waals surface area contributed by atoms with E-state index >= 15 is 0 Å². The molecule has 4 nitrogen and oxygen atoms in total. The van der Waals surface area contributed by atoms with Crippen LogP contribution in [0, 0.1) is 12.7 Å². The van der Waals surface area contributed by atoms with Gasteiger partial charge in [0.2, 0.25) is 0 Å². The van der Waals surface area contributed by atoms with Gasteiger partial charge < -0.3 is 20.5 Å². The molecule has 0 fully saturated rings. The number of benzene rings is 2. The predicted molar refractivity (Wildman–Crippen MR) is 78.4 cm³/mol. The second-order valence-electron chi connectivity index (χ2n) is 4.40. The molecule has 2 aromatic carbocycles. The highest BCUT2D eigenvalue weighted by molar-refractivity contribution is 5.76. The van der Waals surface area contributed by atoms with Crippen molar-refractivity contribution in [2.75, 3.05) is 25.3 Å². The zero-order valence-electron chi connectivity index (χ0n) is 11.7. The van der Waals surface area contributed by atoms with Crippen LogP contribution in [0.5, 0.6) is 11.5 Å². The van der Waals surface area contributed by atoms with Gasteiger partial charge in [-0.15, -0.1) is 0 Å². The lowest BCUT2D eigenvalue weighted by atomic mass is 10.2. The molecular weight excluding hydrogens is 259 g/mol. The van der Waals surface area contributed by atoms with Crippen molar-refractivity contribution in [3.8, 4) is 11.5 Å². The summed E-state index contributed by atoms with van der Waals surface area (Å²) in [6.07, 6.45) is 0. The van der Waals surface area contributed by atoms with E-state index in [9.17, 15) is 4.39 Å². The number of methoxy groups -OCH3 is 2. The average molecular weight is 276 g/mol. The van der Waals surface area contributed by atoms with Crippen LogP contribution in [0.2, 0.25) is 0 Å². The summed E-state index contributed by atoms with van der Waals surface area (Å²) in [5.74, 6) is 0.718. The summed E-state index contributed by atoms with van der Waals surface area (Å²) in [6.45, 7) is 1.83. The number of halogens is 1. The van der Waals surface area contributed by atoms with E-state index in [1.165, 1.54) is 20.3 Å². The van der Waals surface area contributed by atoms with Gasteiger partial charge in [-0.1, -0.05) is 6.07 Å². The molecule has 0 radical (unpaired) electrons. The second kappa shape index (κ2) is 5.69. The zero-order valence-corrected chi connectivity index (χ0v) is 11.7. The SMILES string of the molecule is COc1cc(N)c(Nc2ccc(C)cc2F)cc1OC. The Morgan fingerprint density at radius 3 is 2.25 bits per heavy atom. The number of aryl methyl sites for hydroxylation is 1. The minimum absolute atomic E-state index is 0.334. The monoisotopic (exact) mass is 276 g/mol. The number of rotatable bonds is 4. The van der Waals surface area contributed by atoms with E-state index in [1.54, 1.807) is 18.2 Å². The third-order valence-corrected chi connectivity index (χ3v) is 2.95. The molecule has 5 heteroatoms. The number of nitrogen functional groups attached to an aromatic ring is 1. The van der Waals surface area contributed by atoms with Crippen molar-refractivity contribution in [2.45, 2.75) is 6.92 Å². The van der Waals surface area contributed by atoms with Crippen molar-refractivity contribution in [1.29, 1.82) is 0 Å². The molecular formula is C15H17FN2O2. The molecule has 3 N–H and O–H groups in total. The summed E-state index contributed by atoms with van der Waals surface area (Å²) in [7, 11) is 3.06. The van der Waals surface area contributed by atoms with Gasteiger partial charge in [0, 0.05) is 12.1 Å². The van der Waals surface area contributed by atoms with Crippen LogP contribution in [0.15, 0.2) is 30.3 Å². The van der Waals surface area contributed by atoms with Crippen molar-refractivity contribution >= 4 is 17.1 Å². The maximum Gasteiger partial charge on any atom is 0.162 e. The summed E-state index contributed by atoms with van der Waals surface area (Å²) in [6, 6.07) is 8.25. The van der Waals surface area contributed by atoms with E-state index in [1.807, 2.05) is 13.0 Å². The van der Waals surface area contributed by atoms with Gasteiger partial charge in [-0.2, -0.15) is 0 Å². The Kier molecular flexibility index (Phi) is 3.98. The molecule has 0 aliphatic carbocycles. The minimum atomic E-state index is -0.334. The van der Waals surface area contributed by atoms with Crippen molar-refractivity contribution < 1.29 is 13.9 Å². The summed E-state index contributed by atoms with van der Waals surface area (Å²) >= 11 is 0. The lowest BCUT2D eigenvalue weighted by molar-refractivity contribution is 0.355. The Bertz CT molecular complexity index is 630. The van der Waals surface area contributed by atoms with E-state index in [-0.39, 0.29) is 5.82 Å². The molecule has 0 aliphatic heterocycles. The van der Waals surface area contributed by atoms with Crippen LogP contribution in [-0.2, 0) is 0 Å². The molecule has 20 heavy (non-hydrogen) atoms.